The normalized spacial score (nSPS) is 14.1. The number of fused-ring (bicyclic) bond motifs is 1. The Labute approximate surface area is 119 Å². The molecule has 0 saturated heterocycles. The first kappa shape index (κ1) is 14.5. The lowest BCUT2D eigenvalue weighted by Crippen LogP contribution is -2.47. The van der Waals surface area contributed by atoms with E-state index in [2.05, 4.69) is 10.6 Å². The quantitative estimate of drug-likeness (QED) is 0.879. The summed E-state index contributed by atoms with van der Waals surface area (Å²) in [5, 5.41) is 5.87. The Morgan fingerprint density at radius 3 is 2.60 bits per heavy atom. The lowest BCUT2D eigenvalue weighted by atomic mass is 10.0. The van der Waals surface area contributed by atoms with Crippen molar-refractivity contribution in [2.24, 2.45) is 0 Å². The van der Waals surface area contributed by atoms with Crippen molar-refractivity contribution in [3.05, 3.63) is 23.8 Å². The fraction of sp³-hybridized carbons (Fsp3) is 0.467. The Morgan fingerprint density at radius 1 is 1.30 bits per heavy atom. The SMILES string of the molecule is CNC(C)(C)C(=O)Nc1ccc2c(c1)CCN2C(C)=O. The summed E-state index contributed by atoms with van der Waals surface area (Å²) < 4.78 is 0. The lowest BCUT2D eigenvalue weighted by Gasteiger charge is -2.23. The van der Waals surface area contributed by atoms with Gasteiger partial charge in [0.2, 0.25) is 11.8 Å². The minimum Gasteiger partial charge on any atom is -0.324 e. The minimum atomic E-state index is -0.621. The van der Waals surface area contributed by atoms with Crippen molar-refractivity contribution < 1.29 is 9.59 Å². The number of likely N-dealkylation sites (N-methyl/N-ethyl adjacent to an activating group) is 1. The summed E-state index contributed by atoms with van der Waals surface area (Å²) in [6.07, 6.45) is 0.827. The molecule has 0 atom stereocenters. The van der Waals surface area contributed by atoms with Gasteiger partial charge in [0, 0.05) is 24.8 Å². The van der Waals surface area contributed by atoms with E-state index in [1.807, 2.05) is 32.0 Å². The van der Waals surface area contributed by atoms with Crippen molar-refractivity contribution in [2.75, 3.05) is 23.8 Å². The van der Waals surface area contributed by atoms with E-state index >= 15 is 0 Å². The van der Waals surface area contributed by atoms with Crippen LogP contribution in [0.25, 0.3) is 0 Å². The van der Waals surface area contributed by atoms with Gasteiger partial charge in [-0.25, -0.2) is 0 Å². The molecule has 20 heavy (non-hydrogen) atoms. The summed E-state index contributed by atoms with van der Waals surface area (Å²) in [5.74, 6) is -0.0294. The zero-order chi connectivity index (χ0) is 14.9. The maximum atomic E-state index is 12.1. The maximum absolute atomic E-state index is 12.1. The molecule has 1 heterocycles. The number of carbonyl (C=O) groups is 2. The van der Waals surface area contributed by atoms with Gasteiger partial charge < -0.3 is 15.5 Å². The predicted octanol–water partition coefficient (Wildman–Crippen LogP) is 1.53. The van der Waals surface area contributed by atoms with Gasteiger partial charge in [-0.1, -0.05) is 0 Å². The molecule has 5 heteroatoms. The van der Waals surface area contributed by atoms with Crippen molar-refractivity contribution in [2.45, 2.75) is 32.7 Å². The third-order valence-electron chi connectivity index (χ3n) is 3.81. The minimum absolute atomic E-state index is 0.0526. The van der Waals surface area contributed by atoms with E-state index < -0.39 is 5.54 Å². The summed E-state index contributed by atoms with van der Waals surface area (Å²) in [5.41, 5.74) is 2.19. The molecule has 1 aliphatic heterocycles. The third-order valence-corrected chi connectivity index (χ3v) is 3.81. The molecule has 5 nitrogen and oxygen atoms in total. The molecule has 108 valence electrons. The fourth-order valence-corrected chi connectivity index (χ4v) is 2.21. The second kappa shape index (κ2) is 5.25. The summed E-state index contributed by atoms with van der Waals surface area (Å²) in [4.78, 5) is 25.4. The monoisotopic (exact) mass is 275 g/mol. The molecular formula is C15H21N3O2. The van der Waals surface area contributed by atoms with Crippen molar-refractivity contribution in [3.8, 4) is 0 Å². The Hall–Kier alpha value is -1.88. The molecular weight excluding hydrogens is 254 g/mol. The average molecular weight is 275 g/mol. The van der Waals surface area contributed by atoms with E-state index in [-0.39, 0.29) is 11.8 Å². The first-order chi connectivity index (χ1) is 9.35. The van der Waals surface area contributed by atoms with E-state index in [0.717, 1.165) is 23.4 Å². The molecule has 1 aliphatic rings. The molecule has 1 aromatic rings. The van der Waals surface area contributed by atoms with Gasteiger partial charge in [0.1, 0.15) is 0 Å². The Balaban J connectivity index is 2.18. The van der Waals surface area contributed by atoms with Crippen LogP contribution in [-0.2, 0) is 16.0 Å². The molecule has 2 N–H and O–H groups in total. The standard InChI is InChI=1S/C15H21N3O2/c1-10(19)18-8-7-11-9-12(5-6-13(11)18)17-14(20)15(2,3)16-4/h5-6,9,16H,7-8H2,1-4H3,(H,17,20). The van der Waals surface area contributed by atoms with Gasteiger partial charge in [-0.15, -0.1) is 0 Å². The van der Waals surface area contributed by atoms with Crippen LogP contribution in [0.1, 0.15) is 26.3 Å². The van der Waals surface area contributed by atoms with Gasteiger partial charge in [0.05, 0.1) is 5.54 Å². The van der Waals surface area contributed by atoms with E-state index in [0.29, 0.717) is 6.54 Å². The highest BCUT2D eigenvalue weighted by molar-refractivity contribution is 5.98. The van der Waals surface area contributed by atoms with Crippen molar-refractivity contribution in [1.82, 2.24) is 5.32 Å². The number of hydrogen-bond donors (Lipinski definition) is 2. The largest absolute Gasteiger partial charge is 0.324 e. The van der Waals surface area contributed by atoms with Crippen LogP contribution in [0.15, 0.2) is 18.2 Å². The molecule has 0 bridgehead atoms. The van der Waals surface area contributed by atoms with E-state index in [4.69, 9.17) is 0 Å². The zero-order valence-electron chi connectivity index (χ0n) is 12.4. The Morgan fingerprint density at radius 2 is 2.00 bits per heavy atom. The summed E-state index contributed by atoms with van der Waals surface area (Å²) in [6.45, 7) is 5.94. The lowest BCUT2D eigenvalue weighted by molar-refractivity contribution is -0.121. The molecule has 0 spiro atoms. The van der Waals surface area contributed by atoms with E-state index in [1.165, 1.54) is 0 Å². The maximum Gasteiger partial charge on any atom is 0.244 e. The van der Waals surface area contributed by atoms with Crippen LogP contribution in [0.3, 0.4) is 0 Å². The van der Waals surface area contributed by atoms with Gasteiger partial charge in [0.25, 0.3) is 0 Å². The highest BCUT2D eigenvalue weighted by Crippen LogP contribution is 2.30. The molecule has 0 saturated carbocycles. The Kier molecular flexibility index (Phi) is 3.81. The summed E-state index contributed by atoms with van der Waals surface area (Å²) in [7, 11) is 1.76. The number of anilines is 2. The summed E-state index contributed by atoms with van der Waals surface area (Å²) in [6, 6.07) is 5.68. The third kappa shape index (κ3) is 2.67. The topological polar surface area (TPSA) is 61.4 Å². The van der Waals surface area contributed by atoms with E-state index in [9.17, 15) is 9.59 Å². The Bertz CT molecular complexity index is 552. The molecule has 2 rings (SSSR count). The van der Waals surface area contributed by atoms with E-state index in [1.54, 1.807) is 18.9 Å². The molecule has 0 fully saturated rings. The highest BCUT2D eigenvalue weighted by Gasteiger charge is 2.26. The first-order valence-electron chi connectivity index (χ1n) is 6.76. The number of hydrogen-bond acceptors (Lipinski definition) is 3. The smallest absolute Gasteiger partial charge is 0.244 e. The number of nitrogens with zero attached hydrogens (tertiary/aromatic N) is 1. The molecule has 0 aliphatic carbocycles. The van der Waals surface area contributed by atoms with Crippen LogP contribution < -0.4 is 15.5 Å². The number of benzene rings is 1. The van der Waals surface area contributed by atoms with Crippen LogP contribution >= 0.6 is 0 Å². The van der Waals surface area contributed by atoms with Crippen molar-refractivity contribution >= 4 is 23.2 Å². The molecule has 0 aromatic heterocycles. The number of amides is 2. The van der Waals surface area contributed by atoms with Crippen LogP contribution in [0, 0.1) is 0 Å². The van der Waals surface area contributed by atoms with Crippen LogP contribution in [0.5, 0.6) is 0 Å². The van der Waals surface area contributed by atoms with Gasteiger partial charge in [-0.3, -0.25) is 9.59 Å². The summed E-state index contributed by atoms with van der Waals surface area (Å²) >= 11 is 0. The molecule has 1 aromatic carbocycles. The average Bonchev–Trinajstić information content (AvgIpc) is 2.81. The van der Waals surface area contributed by atoms with Crippen LogP contribution in [0.4, 0.5) is 11.4 Å². The van der Waals surface area contributed by atoms with Gasteiger partial charge >= 0.3 is 0 Å². The van der Waals surface area contributed by atoms with Gasteiger partial charge in [0.15, 0.2) is 0 Å². The van der Waals surface area contributed by atoms with Crippen LogP contribution in [0.2, 0.25) is 0 Å². The zero-order valence-corrected chi connectivity index (χ0v) is 12.4. The van der Waals surface area contributed by atoms with Gasteiger partial charge in [-0.2, -0.15) is 0 Å². The van der Waals surface area contributed by atoms with Gasteiger partial charge in [-0.05, 0) is 51.1 Å². The van der Waals surface area contributed by atoms with Crippen molar-refractivity contribution in [3.63, 3.8) is 0 Å². The fourth-order valence-electron chi connectivity index (χ4n) is 2.21. The number of nitrogens with one attached hydrogen (secondary N) is 2. The highest BCUT2D eigenvalue weighted by atomic mass is 16.2. The molecule has 0 radical (unpaired) electrons. The van der Waals surface area contributed by atoms with Crippen molar-refractivity contribution in [1.29, 1.82) is 0 Å². The molecule has 2 amide bonds. The predicted molar refractivity (Wildman–Crippen MR) is 79.9 cm³/mol. The molecule has 0 unspecified atom stereocenters. The first-order valence-corrected chi connectivity index (χ1v) is 6.76. The number of carbonyl (C=O) groups excluding carboxylic acids is 2. The van der Waals surface area contributed by atoms with Crippen LogP contribution in [-0.4, -0.2) is 30.9 Å². The number of rotatable bonds is 3. The second-order valence-corrected chi connectivity index (χ2v) is 5.59. The second-order valence-electron chi connectivity index (χ2n) is 5.59.